The summed E-state index contributed by atoms with van der Waals surface area (Å²) in [4.78, 5) is 0. The van der Waals surface area contributed by atoms with Gasteiger partial charge in [-0.05, 0) is 26.1 Å². The fourth-order valence-electron chi connectivity index (χ4n) is 1.10. The lowest BCUT2D eigenvalue weighted by Crippen LogP contribution is -2.18. The molecule has 0 aromatic carbocycles. The molecule has 1 aromatic heterocycles. The third-order valence-electron chi connectivity index (χ3n) is 1.68. The van der Waals surface area contributed by atoms with Crippen LogP contribution in [0.3, 0.4) is 0 Å². The fourth-order valence-corrected chi connectivity index (χ4v) is 1.31. The molecule has 0 aliphatic rings. The highest BCUT2D eigenvalue weighted by Crippen LogP contribution is 2.03. The minimum absolute atomic E-state index is 0.0941. The molecule has 0 radical (unpaired) electrons. The zero-order chi connectivity index (χ0) is 9.84. The summed E-state index contributed by atoms with van der Waals surface area (Å²) in [6, 6.07) is 0. The highest BCUT2D eigenvalue weighted by Gasteiger charge is 2.06. The first-order valence-electron chi connectivity index (χ1n) is 4.17. The lowest BCUT2D eigenvalue weighted by atomic mass is 10.4. The molecule has 0 amide bonds. The number of nitrogens with one attached hydrogen (secondary N) is 1. The van der Waals surface area contributed by atoms with Crippen LogP contribution in [0.2, 0.25) is 0 Å². The molecule has 5 nitrogen and oxygen atoms in total. The Hall–Kier alpha value is -0.880. The molecule has 74 valence electrons. The predicted molar refractivity (Wildman–Crippen MR) is 52.9 cm³/mol. The van der Waals surface area contributed by atoms with Crippen molar-refractivity contribution >= 4 is 18.2 Å². The topological polar surface area (TPSA) is 68.9 Å². The summed E-state index contributed by atoms with van der Waals surface area (Å²) in [5.74, 6) is 0.400. The van der Waals surface area contributed by atoms with Crippen molar-refractivity contribution < 1.29 is 4.74 Å². The van der Waals surface area contributed by atoms with Gasteiger partial charge in [0.2, 0.25) is 5.95 Å². The smallest absolute Gasteiger partial charge is 0.220 e. The molecular weight excluding hydrogens is 188 g/mol. The number of hydrogen-bond donors (Lipinski definition) is 2. The van der Waals surface area contributed by atoms with Crippen LogP contribution in [0.1, 0.15) is 13.8 Å². The van der Waals surface area contributed by atoms with Crippen LogP contribution in [0.25, 0.3) is 0 Å². The average Bonchev–Trinajstić information content (AvgIpc) is 2.36. The predicted octanol–water partition coefficient (Wildman–Crippen LogP) is 0.948. The molecule has 0 bridgehead atoms. The fraction of sp³-hybridized carbons (Fsp3) is 0.714. The number of nitrogens with two attached hydrogens (primary N) is 1. The zero-order valence-corrected chi connectivity index (χ0v) is 8.60. The van der Waals surface area contributed by atoms with Crippen LogP contribution in [-0.4, -0.2) is 27.5 Å². The SMILES string of the molecule is CCOC(C)Cn1c(N)n[nH]c1=S. The van der Waals surface area contributed by atoms with Gasteiger partial charge in [-0.1, -0.05) is 0 Å². The summed E-state index contributed by atoms with van der Waals surface area (Å²) in [6.07, 6.45) is 0.0941. The monoisotopic (exact) mass is 202 g/mol. The largest absolute Gasteiger partial charge is 0.377 e. The number of nitrogen functional groups attached to an aromatic ring is 1. The van der Waals surface area contributed by atoms with E-state index < -0.39 is 0 Å². The van der Waals surface area contributed by atoms with Gasteiger partial charge in [-0.25, -0.2) is 5.10 Å². The van der Waals surface area contributed by atoms with E-state index in [4.69, 9.17) is 22.7 Å². The van der Waals surface area contributed by atoms with Gasteiger partial charge in [0.15, 0.2) is 4.77 Å². The van der Waals surface area contributed by atoms with E-state index in [9.17, 15) is 0 Å². The normalized spacial score (nSPS) is 13.1. The summed E-state index contributed by atoms with van der Waals surface area (Å²) in [6.45, 7) is 5.24. The number of ether oxygens (including phenoxy) is 1. The summed E-state index contributed by atoms with van der Waals surface area (Å²) in [7, 11) is 0. The second-order valence-electron chi connectivity index (χ2n) is 2.76. The van der Waals surface area contributed by atoms with E-state index in [1.807, 2.05) is 13.8 Å². The first kappa shape index (κ1) is 10.2. The van der Waals surface area contributed by atoms with Crippen LogP contribution in [0.4, 0.5) is 5.95 Å². The Kier molecular flexibility index (Phi) is 3.44. The first-order chi connectivity index (χ1) is 6.15. The zero-order valence-electron chi connectivity index (χ0n) is 7.78. The maximum atomic E-state index is 5.58. The van der Waals surface area contributed by atoms with Crippen LogP contribution in [0, 0.1) is 4.77 Å². The number of aromatic amines is 1. The lowest BCUT2D eigenvalue weighted by Gasteiger charge is -2.12. The molecule has 13 heavy (non-hydrogen) atoms. The third kappa shape index (κ3) is 2.53. The van der Waals surface area contributed by atoms with Gasteiger partial charge < -0.3 is 10.5 Å². The Labute approximate surface area is 81.9 Å². The third-order valence-corrected chi connectivity index (χ3v) is 1.99. The maximum absolute atomic E-state index is 5.58. The number of H-pyrrole nitrogens is 1. The van der Waals surface area contributed by atoms with Crippen LogP contribution >= 0.6 is 12.2 Å². The number of nitrogens with zero attached hydrogens (tertiary/aromatic N) is 2. The molecule has 1 aromatic rings. The standard InChI is InChI=1S/C7H14N4OS/c1-3-12-5(2)4-11-6(8)9-10-7(11)13/h5H,3-4H2,1-2H3,(H2,8,9)(H,10,13). The van der Waals surface area contributed by atoms with Crippen molar-refractivity contribution in [3.63, 3.8) is 0 Å². The minimum atomic E-state index is 0.0941. The molecule has 3 N–H and O–H groups in total. The maximum Gasteiger partial charge on any atom is 0.220 e. The summed E-state index contributed by atoms with van der Waals surface area (Å²) < 4.78 is 7.61. The lowest BCUT2D eigenvalue weighted by molar-refractivity contribution is 0.0641. The minimum Gasteiger partial charge on any atom is -0.377 e. The van der Waals surface area contributed by atoms with E-state index in [1.54, 1.807) is 4.57 Å². The quantitative estimate of drug-likeness (QED) is 0.713. The van der Waals surface area contributed by atoms with Gasteiger partial charge in [0.1, 0.15) is 0 Å². The highest BCUT2D eigenvalue weighted by molar-refractivity contribution is 7.71. The van der Waals surface area contributed by atoms with Crippen molar-refractivity contribution in [3.8, 4) is 0 Å². The van der Waals surface area contributed by atoms with Gasteiger partial charge in [-0.3, -0.25) is 4.57 Å². The van der Waals surface area contributed by atoms with E-state index in [2.05, 4.69) is 10.2 Å². The molecule has 1 heterocycles. The van der Waals surface area contributed by atoms with E-state index in [0.29, 0.717) is 23.9 Å². The van der Waals surface area contributed by atoms with Crippen LogP contribution in [-0.2, 0) is 11.3 Å². The molecule has 1 atom stereocenters. The molecule has 0 aliphatic carbocycles. The Balaban J connectivity index is 2.68. The molecule has 0 spiro atoms. The molecular formula is C7H14N4OS. The molecule has 0 fully saturated rings. The Morgan fingerprint density at radius 2 is 2.46 bits per heavy atom. The second kappa shape index (κ2) is 4.38. The van der Waals surface area contributed by atoms with Crippen molar-refractivity contribution in [2.75, 3.05) is 12.3 Å². The Morgan fingerprint density at radius 3 is 2.92 bits per heavy atom. The van der Waals surface area contributed by atoms with Crippen molar-refractivity contribution in [2.45, 2.75) is 26.5 Å². The van der Waals surface area contributed by atoms with E-state index in [-0.39, 0.29) is 6.10 Å². The molecule has 0 saturated carbocycles. The first-order valence-corrected chi connectivity index (χ1v) is 4.58. The molecule has 0 aliphatic heterocycles. The van der Waals surface area contributed by atoms with Crippen molar-refractivity contribution in [2.24, 2.45) is 0 Å². The van der Waals surface area contributed by atoms with Gasteiger partial charge in [0, 0.05) is 6.61 Å². The summed E-state index contributed by atoms with van der Waals surface area (Å²) in [5, 5.41) is 6.42. The van der Waals surface area contributed by atoms with Crippen LogP contribution < -0.4 is 5.73 Å². The summed E-state index contributed by atoms with van der Waals surface area (Å²) >= 11 is 4.98. The number of anilines is 1. The Morgan fingerprint density at radius 1 is 1.77 bits per heavy atom. The van der Waals surface area contributed by atoms with Crippen molar-refractivity contribution in [1.82, 2.24) is 14.8 Å². The van der Waals surface area contributed by atoms with Gasteiger partial charge in [0.25, 0.3) is 0 Å². The van der Waals surface area contributed by atoms with Crippen molar-refractivity contribution in [3.05, 3.63) is 4.77 Å². The van der Waals surface area contributed by atoms with Gasteiger partial charge in [-0.15, -0.1) is 5.10 Å². The van der Waals surface area contributed by atoms with Gasteiger partial charge >= 0.3 is 0 Å². The number of rotatable bonds is 4. The molecule has 1 unspecified atom stereocenters. The molecule has 0 saturated heterocycles. The molecule has 6 heteroatoms. The number of hydrogen-bond acceptors (Lipinski definition) is 4. The van der Waals surface area contributed by atoms with Gasteiger partial charge in [0.05, 0.1) is 12.6 Å². The number of aromatic nitrogens is 3. The highest BCUT2D eigenvalue weighted by atomic mass is 32.1. The van der Waals surface area contributed by atoms with Crippen molar-refractivity contribution in [1.29, 1.82) is 0 Å². The van der Waals surface area contributed by atoms with Crippen LogP contribution in [0.15, 0.2) is 0 Å². The van der Waals surface area contributed by atoms with E-state index >= 15 is 0 Å². The van der Waals surface area contributed by atoms with E-state index in [0.717, 1.165) is 0 Å². The Bertz CT molecular complexity index is 319. The van der Waals surface area contributed by atoms with E-state index in [1.165, 1.54) is 0 Å². The van der Waals surface area contributed by atoms with Crippen LogP contribution in [0.5, 0.6) is 0 Å². The second-order valence-corrected chi connectivity index (χ2v) is 3.15. The average molecular weight is 202 g/mol. The van der Waals surface area contributed by atoms with Gasteiger partial charge in [-0.2, -0.15) is 0 Å². The molecule has 1 rings (SSSR count). The summed E-state index contributed by atoms with van der Waals surface area (Å²) in [5.41, 5.74) is 5.58.